The van der Waals surface area contributed by atoms with Gasteiger partial charge in [-0.3, -0.25) is 18.7 Å². The lowest BCUT2D eigenvalue weighted by Crippen LogP contribution is -2.39. The molecule has 1 aliphatic rings. The summed E-state index contributed by atoms with van der Waals surface area (Å²) < 4.78 is 17.8. The summed E-state index contributed by atoms with van der Waals surface area (Å²) in [6.07, 6.45) is 3.27. The Morgan fingerprint density at radius 2 is 1.84 bits per heavy atom. The van der Waals surface area contributed by atoms with Gasteiger partial charge in [-0.05, 0) is 54.3 Å². The van der Waals surface area contributed by atoms with E-state index in [1.165, 1.54) is 23.8 Å². The minimum Gasteiger partial charge on any atom is -0.395 e. The Labute approximate surface area is 219 Å². The number of aryl methyl sites for hydroxylation is 1. The van der Waals surface area contributed by atoms with Gasteiger partial charge in [0, 0.05) is 37.7 Å². The number of benzene rings is 2. The number of nitrogens with two attached hydrogens (primary N) is 1. The van der Waals surface area contributed by atoms with Crippen LogP contribution < -0.4 is 17.0 Å². The molecule has 3 N–H and O–H groups in total. The zero-order chi connectivity index (χ0) is 27.6. The molecule has 0 spiro atoms. The Bertz CT molecular complexity index is 1580. The van der Waals surface area contributed by atoms with Crippen LogP contribution in [0.1, 0.15) is 38.7 Å². The first kappa shape index (κ1) is 27.0. The van der Waals surface area contributed by atoms with Crippen molar-refractivity contribution in [2.75, 3.05) is 19.7 Å². The van der Waals surface area contributed by atoms with Crippen LogP contribution in [0.15, 0.2) is 50.5 Å². The third kappa shape index (κ3) is 5.04. The predicted molar refractivity (Wildman–Crippen MR) is 147 cm³/mol. The molecule has 0 radical (unpaired) electrons. The molecule has 0 fully saturated rings. The molecule has 0 bridgehead atoms. The summed E-state index contributed by atoms with van der Waals surface area (Å²) in [4.78, 5) is 44.8. The second-order valence-corrected chi connectivity index (χ2v) is 9.39. The lowest BCUT2D eigenvalue weighted by Gasteiger charge is -2.22. The van der Waals surface area contributed by atoms with Gasteiger partial charge in [-0.2, -0.15) is 0 Å². The van der Waals surface area contributed by atoms with E-state index in [9.17, 15) is 19.5 Å². The van der Waals surface area contributed by atoms with Crippen LogP contribution in [0, 0.1) is 5.82 Å². The van der Waals surface area contributed by atoms with Crippen molar-refractivity contribution in [2.24, 2.45) is 17.8 Å². The van der Waals surface area contributed by atoms with Crippen LogP contribution in [0.4, 0.5) is 10.1 Å². The highest BCUT2D eigenvalue weighted by Crippen LogP contribution is 2.35. The summed E-state index contributed by atoms with van der Waals surface area (Å²) in [5, 5.41) is 9.52. The Hall–Kier alpha value is -4.05. The van der Waals surface area contributed by atoms with Crippen molar-refractivity contribution in [2.45, 2.75) is 39.7 Å². The van der Waals surface area contributed by atoms with Gasteiger partial charge in [0.05, 0.1) is 29.7 Å². The standard InChI is InChI=1S/C28H32FN5O4/c1-4-8-33(9-5-2)26(36)19-12-21-22(29)13-18(14-23(21)31-25(30)16-19)17-6-7-20-24(15-17)32(3)28(38)34(10-11-35)27(20)37/h6-7,12-15,35H,4-5,8-11,16H2,1-3H3,(H2,30,31). The number of aliphatic imine (C=N–C) groups is 1. The molecule has 1 amide bonds. The van der Waals surface area contributed by atoms with Crippen molar-refractivity contribution in [3.63, 3.8) is 0 Å². The number of amides is 1. The average molecular weight is 522 g/mol. The summed E-state index contributed by atoms with van der Waals surface area (Å²) >= 11 is 0. The molecule has 2 aromatic carbocycles. The monoisotopic (exact) mass is 521 g/mol. The summed E-state index contributed by atoms with van der Waals surface area (Å²) in [5.41, 5.74) is 7.40. The molecule has 3 aromatic rings. The number of hydrogen-bond donors (Lipinski definition) is 2. The van der Waals surface area contributed by atoms with Crippen LogP contribution in [-0.4, -0.2) is 50.6 Å². The number of carbonyl (C=O) groups excluding carboxylic acids is 1. The Morgan fingerprint density at radius 1 is 1.13 bits per heavy atom. The second kappa shape index (κ2) is 11.1. The molecule has 200 valence electrons. The second-order valence-electron chi connectivity index (χ2n) is 9.39. The molecule has 0 saturated heterocycles. The van der Waals surface area contributed by atoms with Crippen molar-refractivity contribution < 1.29 is 14.3 Å². The summed E-state index contributed by atoms with van der Waals surface area (Å²) in [6, 6.07) is 7.91. The molecule has 2 heterocycles. The first-order valence-corrected chi connectivity index (χ1v) is 12.7. The fourth-order valence-electron chi connectivity index (χ4n) is 4.80. The van der Waals surface area contributed by atoms with E-state index in [0.29, 0.717) is 46.4 Å². The smallest absolute Gasteiger partial charge is 0.331 e. The van der Waals surface area contributed by atoms with Crippen molar-refractivity contribution in [1.29, 1.82) is 0 Å². The molecular weight excluding hydrogens is 489 g/mol. The number of hydrogen-bond acceptors (Lipinski definition) is 6. The maximum absolute atomic E-state index is 15.5. The maximum atomic E-state index is 15.5. The number of halogens is 1. The van der Waals surface area contributed by atoms with E-state index in [4.69, 9.17) is 5.73 Å². The van der Waals surface area contributed by atoms with Gasteiger partial charge >= 0.3 is 5.69 Å². The zero-order valence-electron chi connectivity index (χ0n) is 21.8. The van der Waals surface area contributed by atoms with E-state index in [1.54, 1.807) is 29.2 Å². The van der Waals surface area contributed by atoms with Crippen molar-refractivity contribution in [3.8, 4) is 11.1 Å². The van der Waals surface area contributed by atoms with Gasteiger partial charge in [0.25, 0.3) is 5.56 Å². The summed E-state index contributed by atoms with van der Waals surface area (Å²) in [6.45, 7) is 4.76. The van der Waals surface area contributed by atoms with Crippen LogP contribution in [0.5, 0.6) is 0 Å². The number of nitrogens with zero attached hydrogens (tertiary/aromatic N) is 4. The molecule has 38 heavy (non-hydrogen) atoms. The molecule has 9 nitrogen and oxygen atoms in total. The van der Waals surface area contributed by atoms with Gasteiger partial charge in [0.1, 0.15) is 11.7 Å². The molecule has 10 heteroatoms. The van der Waals surface area contributed by atoms with E-state index in [-0.39, 0.29) is 36.9 Å². The normalized spacial score (nSPS) is 13.1. The van der Waals surface area contributed by atoms with E-state index in [1.807, 2.05) is 13.8 Å². The van der Waals surface area contributed by atoms with Crippen LogP contribution in [0.25, 0.3) is 28.1 Å². The minimum atomic E-state index is -0.564. The first-order valence-electron chi connectivity index (χ1n) is 12.7. The third-order valence-electron chi connectivity index (χ3n) is 6.62. The molecule has 0 atom stereocenters. The SMILES string of the molecule is CCCN(CCC)C(=O)C1=Cc2c(F)cc(-c3ccc4c(=O)n(CCO)c(=O)n(C)c4c3)cc2N=C(N)C1. The Morgan fingerprint density at radius 3 is 2.50 bits per heavy atom. The minimum absolute atomic E-state index is 0.106. The van der Waals surface area contributed by atoms with Gasteiger partial charge < -0.3 is 15.7 Å². The molecule has 0 aliphatic carbocycles. The molecule has 1 aromatic heterocycles. The Kier molecular flexibility index (Phi) is 7.91. The van der Waals surface area contributed by atoms with E-state index < -0.39 is 17.1 Å². The zero-order valence-corrected chi connectivity index (χ0v) is 21.8. The fraction of sp³-hybridized carbons (Fsp3) is 0.357. The van der Waals surface area contributed by atoms with Crippen molar-refractivity contribution >= 4 is 34.4 Å². The number of aliphatic hydroxyl groups excluding tert-OH is 1. The van der Waals surface area contributed by atoms with Crippen LogP contribution >= 0.6 is 0 Å². The predicted octanol–water partition coefficient (Wildman–Crippen LogP) is 2.92. The molecule has 4 rings (SSSR count). The third-order valence-corrected chi connectivity index (χ3v) is 6.62. The highest BCUT2D eigenvalue weighted by atomic mass is 19.1. The highest BCUT2D eigenvalue weighted by molar-refractivity contribution is 6.05. The number of carbonyl (C=O) groups is 1. The van der Waals surface area contributed by atoms with E-state index in [0.717, 1.165) is 17.4 Å². The highest BCUT2D eigenvalue weighted by Gasteiger charge is 2.23. The van der Waals surface area contributed by atoms with E-state index >= 15 is 4.39 Å². The number of rotatable bonds is 8. The molecule has 0 unspecified atom stereocenters. The largest absolute Gasteiger partial charge is 0.395 e. The summed E-state index contributed by atoms with van der Waals surface area (Å²) in [5.74, 6) is -0.533. The molecule has 1 aliphatic heterocycles. The van der Waals surface area contributed by atoms with Gasteiger partial charge in [0.2, 0.25) is 5.91 Å². The van der Waals surface area contributed by atoms with Gasteiger partial charge in [0.15, 0.2) is 0 Å². The molecular formula is C28H32FN5O4. The maximum Gasteiger partial charge on any atom is 0.331 e. The molecule has 0 saturated carbocycles. The lowest BCUT2D eigenvalue weighted by molar-refractivity contribution is -0.127. The van der Waals surface area contributed by atoms with Gasteiger partial charge in [-0.1, -0.05) is 19.9 Å². The summed E-state index contributed by atoms with van der Waals surface area (Å²) in [7, 11) is 1.54. The first-order chi connectivity index (χ1) is 18.2. The number of aliphatic hydroxyl groups is 1. The van der Waals surface area contributed by atoms with Crippen LogP contribution in [0.3, 0.4) is 0 Å². The van der Waals surface area contributed by atoms with E-state index in [2.05, 4.69) is 4.99 Å². The van der Waals surface area contributed by atoms with Gasteiger partial charge in [-0.15, -0.1) is 0 Å². The van der Waals surface area contributed by atoms with Gasteiger partial charge in [-0.25, -0.2) is 14.2 Å². The number of aromatic nitrogens is 2. The van der Waals surface area contributed by atoms with Crippen LogP contribution in [0.2, 0.25) is 0 Å². The van der Waals surface area contributed by atoms with Crippen LogP contribution in [-0.2, 0) is 18.4 Å². The topological polar surface area (TPSA) is 123 Å². The average Bonchev–Trinajstić information content (AvgIpc) is 3.07. The fourth-order valence-corrected chi connectivity index (χ4v) is 4.80. The number of fused-ring (bicyclic) bond motifs is 2. The van der Waals surface area contributed by atoms with Crippen molar-refractivity contribution in [1.82, 2.24) is 14.0 Å². The quantitative estimate of drug-likeness (QED) is 0.472. The Balaban J connectivity index is 1.81. The van der Waals surface area contributed by atoms with Crippen molar-refractivity contribution in [3.05, 3.63) is 68.1 Å². The lowest BCUT2D eigenvalue weighted by atomic mass is 9.99. The number of amidine groups is 1.